The van der Waals surface area contributed by atoms with Crippen LogP contribution in [0.5, 0.6) is 5.75 Å². The standard InChI is InChI=1S/C17H21FN2O3S/c1-3-10-24(21,22)20(14-6-9-16(18)17(19)11-14)12-13-4-7-15(23-2)8-5-13/h4-9,11H,3,10,12,19H2,1-2H3. The minimum Gasteiger partial charge on any atom is -0.497 e. The zero-order chi connectivity index (χ0) is 17.7. The van der Waals surface area contributed by atoms with Crippen molar-refractivity contribution in [1.29, 1.82) is 0 Å². The van der Waals surface area contributed by atoms with Gasteiger partial charge in [-0.2, -0.15) is 0 Å². The van der Waals surface area contributed by atoms with Gasteiger partial charge < -0.3 is 10.5 Å². The molecule has 0 spiro atoms. The van der Waals surface area contributed by atoms with Gasteiger partial charge in [-0.05, 0) is 42.3 Å². The third-order valence-corrected chi connectivity index (χ3v) is 5.49. The first-order valence-corrected chi connectivity index (χ1v) is 9.16. The molecule has 2 aromatic carbocycles. The maximum atomic E-state index is 13.4. The number of ether oxygens (including phenoxy) is 1. The predicted molar refractivity (Wildman–Crippen MR) is 94.1 cm³/mol. The second-order valence-electron chi connectivity index (χ2n) is 5.38. The Balaban J connectivity index is 2.40. The molecule has 0 bridgehead atoms. The summed E-state index contributed by atoms with van der Waals surface area (Å²) in [5, 5.41) is 0. The number of halogens is 1. The maximum absolute atomic E-state index is 13.4. The molecule has 0 saturated carbocycles. The van der Waals surface area contributed by atoms with Crippen LogP contribution in [-0.4, -0.2) is 21.3 Å². The Hall–Kier alpha value is -2.28. The summed E-state index contributed by atoms with van der Waals surface area (Å²) in [4.78, 5) is 0. The zero-order valence-electron chi connectivity index (χ0n) is 13.7. The summed E-state index contributed by atoms with van der Waals surface area (Å²) in [5.74, 6) is 0.115. The van der Waals surface area contributed by atoms with Gasteiger partial charge in [0.05, 0.1) is 30.8 Å². The lowest BCUT2D eigenvalue weighted by Gasteiger charge is -2.25. The van der Waals surface area contributed by atoms with Gasteiger partial charge in [-0.15, -0.1) is 0 Å². The summed E-state index contributed by atoms with van der Waals surface area (Å²) in [6, 6.07) is 11.0. The van der Waals surface area contributed by atoms with Gasteiger partial charge in [-0.25, -0.2) is 12.8 Å². The Morgan fingerprint density at radius 1 is 1.17 bits per heavy atom. The minimum atomic E-state index is -3.54. The highest BCUT2D eigenvalue weighted by molar-refractivity contribution is 7.92. The van der Waals surface area contributed by atoms with E-state index in [1.54, 1.807) is 38.3 Å². The average Bonchev–Trinajstić information content (AvgIpc) is 2.55. The van der Waals surface area contributed by atoms with Crippen molar-refractivity contribution >= 4 is 21.4 Å². The molecule has 2 N–H and O–H groups in total. The Kier molecular flexibility index (Phi) is 5.66. The van der Waals surface area contributed by atoms with Crippen molar-refractivity contribution < 1.29 is 17.5 Å². The molecule has 0 heterocycles. The molecule has 0 radical (unpaired) electrons. The van der Waals surface area contributed by atoms with E-state index in [1.165, 1.54) is 22.5 Å². The number of hydrogen-bond donors (Lipinski definition) is 1. The highest BCUT2D eigenvalue weighted by Gasteiger charge is 2.22. The summed E-state index contributed by atoms with van der Waals surface area (Å²) < 4.78 is 45.0. The third kappa shape index (κ3) is 4.17. The van der Waals surface area contributed by atoms with E-state index in [4.69, 9.17) is 10.5 Å². The topological polar surface area (TPSA) is 72.6 Å². The van der Waals surface area contributed by atoms with Crippen molar-refractivity contribution in [3.05, 3.63) is 53.8 Å². The fourth-order valence-corrected chi connectivity index (χ4v) is 3.82. The van der Waals surface area contributed by atoms with Crippen molar-refractivity contribution in [3.63, 3.8) is 0 Å². The molecule has 0 aliphatic rings. The number of sulfonamides is 1. The Bertz CT molecular complexity index is 792. The third-order valence-electron chi connectivity index (χ3n) is 3.55. The van der Waals surface area contributed by atoms with E-state index in [2.05, 4.69) is 0 Å². The van der Waals surface area contributed by atoms with Gasteiger partial charge in [0.15, 0.2) is 0 Å². The van der Waals surface area contributed by atoms with Gasteiger partial charge in [0.25, 0.3) is 0 Å². The first-order chi connectivity index (χ1) is 11.4. The molecule has 2 rings (SSSR count). The number of nitrogens with zero attached hydrogens (tertiary/aromatic N) is 1. The van der Waals surface area contributed by atoms with Gasteiger partial charge in [0.2, 0.25) is 10.0 Å². The number of methoxy groups -OCH3 is 1. The Morgan fingerprint density at radius 3 is 2.38 bits per heavy atom. The molecule has 0 fully saturated rings. The lowest BCUT2D eigenvalue weighted by molar-refractivity contribution is 0.414. The first-order valence-electron chi connectivity index (χ1n) is 7.55. The van der Waals surface area contributed by atoms with Gasteiger partial charge in [0, 0.05) is 0 Å². The summed E-state index contributed by atoms with van der Waals surface area (Å²) in [6.07, 6.45) is 0.484. The molecule has 24 heavy (non-hydrogen) atoms. The van der Waals surface area contributed by atoms with Gasteiger partial charge in [-0.3, -0.25) is 4.31 Å². The van der Waals surface area contributed by atoms with E-state index in [0.717, 1.165) is 5.56 Å². The van der Waals surface area contributed by atoms with E-state index in [9.17, 15) is 12.8 Å². The van der Waals surface area contributed by atoms with E-state index >= 15 is 0 Å². The second kappa shape index (κ2) is 7.53. The number of anilines is 2. The molecule has 5 nitrogen and oxygen atoms in total. The van der Waals surface area contributed by atoms with Crippen molar-refractivity contribution in [3.8, 4) is 5.75 Å². The van der Waals surface area contributed by atoms with Crippen molar-refractivity contribution in [2.75, 3.05) is 22.9 Å². The van der Waals surface area contributed by atoms with Gasteiger partial charge in [0.1, 0.15) is 11.6 Å². The summed E-state index contributed by atoms with van der Waals surface area (Å²) in [6.45, 7) is 1.93. The average molecular weight is 352 g/mol. The fraction of sp³-hybridized carbons (Fsp3) is 0.294. The van der Waals surface area contributed by atoms with E-state index in [1.807, 2.05) is 0 Å². The quantitative estimate of drug-likeness (QED) is 0.777. The van der Waals surface area contributed by atoms with Gasteiger partial charge in [-0.1, -0.05) is 19.1 Å². The van der Waals surface area contributed by atoms with Crippen molar-refractivity contribution in [2.24, 2.45) is 0 Å². The lowest BCUT2D eigenvalue weighted by atomic mass is 10.2. The van der Waals surface area contributed by atoms with Crippen LogP contribution in [0.1, 0.15) is 18.9 Å². The predicted octanol–water partition coefficient (Wildman–Crippen LogP) is 3.16. The highest BCUT2D eigenvalue weighted by atomic mass is 32.2. The molecule has 0 amide bonds. The maximum Gasteiger partial charge on any atom is 0.235 e. The molecule has 0 saturated heterocycles. The van der Waals surface area contributed by atoms with E-state index < -0.39 is 15.8 Å². The van der Waals surface area contributed by atoms with Crippen LogP contribution in [0.25, 0.3) is 0 Å². The number of benzene rings is 2. The van der Waals surface area contributed by atoms with Crippen molar-refractivity contribution in [1.82, 2.24) is 0 Å². The minimum absolute atomic E-state index is 0.000432. The molecule has 2 aromatic rings. The zero-order valence-corrected chi connectivity index (χ0v) is 14.5. The van der Waals surface area contributed by atoms with Crippen LogP contribution in [0, 0.1) is 5.82 Å². The van der Waals surface area contributed by atoms with Crippen molar-refractivity contribution in [2.45, 2.75) is 19.9 Å². The lowest BCUT2D eigenvalue weighted by Crippen LogP contribution is -2.32. The molecule has 0 aromatic heterocycles. The molecule has 0 aliphatic carbocycles. The molecule has 0 aliphatic heterocycles. The summed E-state index contributed by atoms with van der Waals surface area (Å²) >= 11 is 0. The number of nitrogen functional groups attached to an aromatic ring is 1. The van der Waals surface area contributed by atoms with Gasteiger partial charge >= 0.3 is 0 Å². The number of hydrogen-bond acceptors (Lipinski definition) is 4. The Morgan fingerprint density at radius 2 is 1.83 bits per heavy atom. The van der Waals surface area contributed by atoms with Crippen LogP contribution in [0.15, 0.2) is 42.5 Å². The number of nitrogens with two attached hydrogens (primary N) is 1. The molecule has 0 unspecified atom stereocenters. The smallest absolute Gasteiger partial charge is 0.235 e. The fourth-order valence-electron chi connectivity index (χ4n) is 2.30. The SMILES string of the molecule is CCCS(=O)(=O)N(Cc1ccc(OC)cc1)c1ccc(F)c(N)c1. The van der Waals surface area contributed by atoms with Crippen LogP contribution in [0.3, 0.4) is 0 Å². The van der Waals surface area contributed by atoms with Crippen LogP contribution in [-0.2, 0) is 16.6 Å². The number of rotatable bonds is 7. The normalized spacial score (nSPS) is 11.3. The van der Waals surface area contributed by atoms with E-state index in [0.29, 0.717) is 17.9 Å². The van der Waals surface area contributed by atoms with E-state index in [-0.39, 0.29) is 18.0 Å². The van der Waals surface area contributed by atoms with Crippen LogP contribution in [0.4, 0.5) is 15.8 Å². The summed E-state index contributed by atoms with van der Waals surface area (Å²) in [7, 11) is -1.98. The molecular weight excluding hydrogens is 331 g/mol. The second-order valence-corrected chi connectivity index (χ2v) is 7.39. The van der Waals surface area contributed by atoms with Crippen LogP contribution >= 0.6 is 0 Å². The molecule has 0 atom stereocenters. The van der Waals surface area contributed by atoms with Crippen LogP contribution < -0.4 is 14.8 Å². The first kappa shape index (κ1) is 18.1. The molecule has 130 valence electrons. The monoisotopic (exact) mass is 352 g/mol. The summed E-state index contributed by atoms with van der Waals surface area (Å²) in [5.41, 5.74) is 6.65. The largest absolute Gasteiger partial charge is 0.497 e. The molecule has 7 heteroatoms. The highest BCUT2D eigenvalue weighted by Crippen LogP contribution is 2.26. The van der Waals surface area contributed by atoms with Crippen LogP contribution in [0.2, 0.25) is 0 Å². The molecular formula is C17H21FN2O3S. The Labute approximate surface area is 141 Å².